The smallest absolute Gasteiger partial charge is 0.0870 e. The van der Waals surface area contributed by atoms with Crippen molar-refractivity contribution < 1.29 is 4.74 Å². The molecule has 0 amide bonds. The first-order chi connectivity index (χ1) is 6.07. The third-order valence-corrected chi connectivity index (χ3v) is 1.95. The van der Waals surface area contributed by atoms with E-state index in [2.05, 4.69) is 18.7 Å². The molecule has 2 N–H and O–H groups in total. The second-order valence-electron chi connectivity index (χ2n) is 3.23. The van der Waals surface area contributed by atoms with E-state index in [0.29, 0.717) is 17.6 Å². The van der Waals surface area contributed by atoms with Gasteiger partial charge in [-0.2, -0.15) is 0 Å². The van der Waals surface area contributed by atoms with Crippen molar-refractivity contribution in [2.45, 2.75) is 26.8 Å². The van der Waals surface area contributed by atoms with E-state index < -0.39 is 0 Å². The van der Waals surface area contributed by atoms with E-state index in [9.17, 15) is 0 Å². The van der Waals surface area contributed by atoms with Gasteiger partial charge in [-0.1, -0.05) is 12.2 Å². The van der Waals surface area contributed by atoms with Gasteiger partial charge in [0.1, 0.15) is 0 Å². The number of hydrogen-bond donors (Lipinski definition) is 1. The predicted octanol–water partition coefficient (Wildman–Crippen LogP) is 1.02. The number of ether oxygens (including phenoxy) is 1. The molecule has 0 aliphatic heterocycles. The Balaban J connectivity index is 3.74. The van der Waals surface area contributed by atoms with E-state index in [-0.39, 0.29) is 0 Å². The van der Waals surface area contributed by atoms with Crippen molar-refractivity contribution in [1.82, 2.24) is 4.90 Å². The fourth-order valence-electron chi connectivity index (χ4n) is 1.05. The van der Waals surface area contributed by atoms with Crippen LogP contribution in [0.25, 0.3) is 0 Å². The lowest BCUT2D eigenvalue weighted by Gasteiger charge is -2.25. The van der Waals surface area contributed by atoms with Crippen molar-refractivity contribution in [3.8, 4) is 0 Å². The van der Waals surface area contributed by atoms with Crippen LogP contribution in [0.4, 0.5) is 0 Å². The zero-order valence-corrected chi connectivity index (χ0v) is 9.56. The van der Waals surface area contributed by atoms with Gasteiger partial charge in [-0.25, -0.2) is 0 Å². The molecule has 0 spiro atoms. The Kier molecular flexibility index (Phi) is 7.13. The van der Waals surface area contributed by atoms with E-state index in [0.717, 1.165) is 19.8 Å². The van der Waals surface area contributed by atoms with Gasteiger partial charge in [0, 0.05) is 25.7 Å². The molecule has 0 bridgehead atoms. The molecule has 0 atom stereocenters. The summed E-state index contributed by atoms with van der Waals surface area (Å²) in [6, 6.07) is 0.460. The second kappa shape index (κ2) is 7.24. The van der Waals surface area contributed by atoms with Gasteiger partial charge in [0.2, 0.25) is 0 Å². The second-order valence-corrected chi connectivity index (χ2v) is 3.75. The van der Waals surface area contributed by atoms with Crippen molar-refractivity contribution in [1.29, 1.82) is 0 Å². The van der Waals surface area contributed by atoms with Gasteiger partial charge in [-0.05, 0) is 20.8 Å². The SMILES string of the molecule is CCOCCN(CC(N)=S)C(C)C. The molecule has 0 aromatic rings. The van der Waals surface area contributed by atoms with Gasteiger partial charge >= 0.3 is 0 Å². The molecule has 0 aromatic carbocycles. The lowest BCUT2D eigenvalue weighted by atomic mass is 10.3. The summed E-state index contributed by atoms with van der Waals surface area (Å²) in [6.07, 6.45) is 0. The normalized spacial score (nSPS) is 11.2. The van der Waals surface area contributed by atoms with Gasteiger partial charge in [0.15, 0.2) is 0 Å². The number of nitrogens with zero attached hydrogens (tertiary/aromatic N) is 1. The Bertz CT molecular complexity index is 151. The summed E-state index contributed by atoms with van der Waals surface area (Å²) >= 11 is 4.87. The maximum Gasteiger partial charge on any atom is 0.0870 e. The monoisotopic (exact) mass is 204 g/mol. The molecule has 0 fully saturated rings. The summed E-state index contributed by atoms with van der Waals surface area (Å²) in [7, 11) is 0. The van der Waals surface area contributed by atoms with Crippen molar-refractivity contribution >= 4 is 17.2 Å². The quantitative estimate of drug-likeness (QED) is 0.496. The van der Waals surface area contributed by atoms with Gasteiger partial charge in [-0.15, -0.1) is 0 Å². The average molecular weight is 204 g/mol. The van der Waals surface area contributed by atoms with Gasteiger partial charge in [0.05, 0.1) is 11.6 Å². The Hall–Kier alpha value is -0.190. The third kappa shape index (κ3) is 6.93. The number of rotatable bonds is 7. The van der Waals surface area contributed by atoms with Crippen LogP contribution in [0.15, 0.2) is 0 Å². The van der Waals surface area contributed by atoms with Crippen LogP contribution in [-0.2, 0) is 4.74 Å². The summed E-state index contributed by atoms with van der Waals surface area (Å²) in [4.78, 5) is 2.75. The molecule has 0 radical (unpaired) electrons. The molecule has 3 nitrogen and oxygen atoms in total. The topological polar surface area (TPSA) is 38.5 Å². The van der Waals surface area contributed by atoms with Crippen molar-refractivity contribution in [2.75, 3.05) is 26.3 Å². The molecule has 13 heavy (non-hydrogen) atoms. The fraction of sp³-hybridized carbons (Fsp3) is 0.889. The van der Waals surface area contributed by atoms with Crippen LogP contribution in [0.3, 0.4) is 0 Å². The first kappa shape index (κ1) is 12.8. The fourth-order valence-corrected chi connectivity index (χ4v) is 1.21. The van der Waals surface area contributed by atoms with Crippen LogP contribution in [0.5, 0.6) is 0 Å². The van der Waals surface area contributed by atoms with Crippen molar-refractivity contribution in [3.63, 3.8) is 0 Å². The van der Waals surface area contributed by atoms with Gasteiger partial charge < -0.3 is 10.5 Å². The minimum absolute atomic E-state index is 0.460. The molecular weight excluding hydrogens is 184 g/mol. The average Bonchev–Trinajstić information content (AvgIpc) is 2.02. The molecule has 4 heteroatoms. The first-order valence-electron chi connectivity index (χ1n) is 4.68. The van der Waals surface area contributed by atoms with Gasteiger partial charge in [0.25, 0.3) is 0 Å². The van der Waals surface area contributed by atoms with E-state index in [1.54, 1.807) is 0 Å². The summed E-state index contributed by atoms with van der Waals surface area (Å²) in [5, 5.41) is 0. The Labute approximate surface area is 86.2 Å². The minimum Gasteiger partial charge on any atom is -0.392 e. The van der Waals surface area contributed by atoms with Crippen molar-refractivity contribution in [2.24, 2.45) is 5.73 Å². The van der Waals surface area contributed by atoms with Crippen LogP contribution in [0, 0.1) is 0 Å². The highest BCUT2D eigenvalue weighted by molar-refractivity contribution is 7.80. The summed E-state index contributed by atoms with van der Waals surface area (Å²) < 4.78 is 5.27. The lowest BCUT2D eigenvalue weighted by molar-refractivity contribution is 0.108. The maximum atomic E-state index is 5.48. The highest BCUT2D eigenvalue weighted by Gasteiger charge is 2.09. The Morgan fingerprint density at radius 3 is 2.54 bits per heavy atom. The molecule has 0 heterocycles. The van der Waals surface area contributed by atoms with Gasteiger partial charge in [-0.3, -0.25) is 4.90 Å². The first-order valence-corrected chi connectivity index (χ1v) is 5.08. The summed E-state index contributed by atoms with van der Waals surface area (Å²) in [6.45, 7) is 9.33. The lowest BCUT2D eigenvalue weighted by Crippen LogP contribution is -2.39. The minimum atomic E-state index is 0.460. The standard InChI is InChI=1S/C9H20N2OS/c1-4-12-6-5-11(8(2)3)7-9(10)13/h8H,4-7H2,1-3H3,(H2,10,13). The summed E-state index contributed by atoms with van der Waals surface area (Å²) in [5.74, 6) is 0. The third-order valence-electron chi connectivity index (χ3n) is 1.82. The number of hydrogen-bond acceptors (Lipinski definition) is 3. The maximum absolute atomic E-state index is 5.48. The van der Waals surface area contributed by atoms with E-state index in [4.69, 9.17) is 22.7 Å². The zero-order chi connectivity index (χ0) is 10.3. The van der Waals surface area contributed by atoms with Crippen LogP contribution in [-0.4, -0.2) is 42.2 Å². The highest BCUT2D eigenvalue weighted by Crippen LogP contribution is 1.97. The van der Waals surface area contributed by atoms with Crippen LogP contribution < -0.4 is 5.73 Å². The molecule has 0 aliphatic rings. The van der Waals surface area contributed by atoms with Crippen molar-refractivity contribution in [3.05, 3.63) is 0 Å². The number of thiocarbonyl (C=S) groups is 1. The molecule has 0 saturated heterocycles. The molecule has 0 aromatic heterocycles. The number of nitrogens with two attached hydrogens (primary N) is 1. The predicted molar refractivity (Wildman–Crippen MR) is 60.0 cm³/mol. The van der Waals surface area contributed by atoms with Crippen LogP contribution in [0.2, 0.25) is 0 Å². The molecule has 78 valence electrons. The Morgan fingerprint density at radius 1 is 1.54 bits per heavy atom. The van der Waals surface area contributed by atoms with E-state index in [1.807, 2.05) is 6.92 Å². The molecule has 0 unspecified atom stereocenters. The molecule has 0 saturated carbocycles. The molecule has 0 rings (SSSR count). The van der Waals surface area contributed by atoms with Crippen LogP contribution in [0.1, 0.15) is 20.8 Å². The van der Waals surface area contributed by atoms with Crippen LogP contribution >= 0.6 is 12.2 Å². The summed E-state index contributed by atoms with van der Waals surface area (Å²) in [5.41, 5.74) is 5.48. The highest BCUT2D eigenvalue weighted by atomic mass is 32.1. The van der Waals surface area contributed by atoms with E-state index in [1.165, 1.54) is 0 Å². The van der Waals surface area contributed by atoms with E-state index >= 15 is 0 Å². The Morgan fingerprint density at radius 2 is 2.15 bits per heavy atom. The zero-order valence-electron chi connectivity index (χ0n) is 8.75. The molecule has 0 aliphatic carbocycles. The largest absolute Gasteiger partial charge is 0.392 e. The molecular formula is C9H20N2OS.